The Balaban J connectivity index is 4.34. The largest absolute Gasteiger partial charge is 0.357 e. The monoisotopic (exact) mass is 186 g/mol. The molecule has 0 rings (SSSR count). The summed E-state index contributed by atoms with van der Waals surface area (Å²) in [5, 5.41) is 2.78. The molecule has 3 heteroatoms. The molecule has 0 radical (unpaired) electrons. The minimum atomic E-state index is 0.135. The van der Waals surface area contributed by atoms with Crippen LogP contribution in [-0.2, 0) is 4.79 Å². The summed E-state index contributed by atoms with van der Waals surface area (Å²) in [6, 6.07) is 0. The Hall–Kier alpha value is -0.570. The van der Waals surface area contributed by atoms with Crippen LogP contribution in [0.15, 0.2) is 0 Å². The molecule has 1 amide bonds. The fraction of sp³-hybridized carbons (Fsp3) is 0.900. The van der Waals surface area contributed by atoms with Crippen LogP contribution in [0.5, 0.6) is 0 Å². The third-order valence-electron chi connectivity index (χ3n) is 2.84. The van der Waals surface area contributed by atoms with E-state index in [1.807, 2.05) is 0 Å². The Kier molecular flexibility index (Phi) is 5.71. The van der Waals surface area contributed by atoms with Crippen molar-refractivity contribution in [2.24, 2.45) is 0 Å². The molecule has 13 heavy (non-hydrogen) atoms. The van der Waals surface area contributed by atoms with Crippen molar-refractivity contribution in [3.63, 3.8) is 0 Å². The Morgan fingerprint density at radius 2 is 2.00 bits per heavy atom. The SMILES string of the molecule is CCCC(CC)(CNC=O)N(C)C. The highest BCUT2D eigenvalue weighted by Crippen LogP contribution is 2.22. The number of hydrogen-bond donors (Lipinski definition) is 1. The van der Waals surface area contributed by atoms with Crippen molar-refractivity contribution in [1.29, 1.82) is 0 Å². The molecular formula is C10H22N2O. The predicted octanol–water partition coefficient (Wildman–Crippen LogP) is 1.24. The van der Waals surface area contributed by atoms with Crippen LogP contribution in [0, 0.1) is 0 Å². The fourth-order valence-electron chi connectivity index (χ4n) is 1.79. The van der Waals surface area contributed by atoms with Crippen LogP contribution in [0.25, 0.3) is 0 Å². The Morgan fingerprint density at radius 3 is 2.31 bits per heavy atom. The van der Waals surface area contributed by atoms with Gasteiger partial charge >= 0.3 is 0 Å². The number of nitrogens with zero attached hydrogens (tertiary/aromatic N) is 1. The molecule has 1 unspecified atom stereocenters. The molecule has 0 bridgehead atoms. The van der Waals surface area contributed by atoms with Crippen molar-refractivity contribution in [3.8, 4) is 0 Å². The van der Waals surface area contributed by atoms with Crippen molar-refractivity contribution in [3.05, 3.63) is 0 Å². The fourth-order valence-corrected chi connectivity index (χ4v) is 1.79. The Labute approximate surface area is 81.5 Å². The van der Waals surface area contributed by atoms with Crippen LogP contribution in [0.3, 0.4) is 0 Å². The lowest BCUT2D eigenvalue weighted by atomic mass is 9.89. The van der Waals surface area contributed by atoms with Crippen molar-refractivity contribution in [2.75, 3.05) is 20.6 Å². The van der Waals surface area contributed by atoms with Gasteiger partial charge in [-0.15, -0.1) is 0 Å². The maximum Gasteiger partial charge on any atom is 0.207 e. The maximum absolute atomic E-state index is 10.3. The van der Waals surface area contributed by atoms with Crippen LogP contribution >= 0.6 is 0 Å². The van der Waals surface area contributed by atoms with E-state index in [-0.39, 0.29) is 5.54 Å². The minimum Gasteiger partial charge on any atom is -0.357 e. The molecule has 78 valence electrons. The minimum absolute atomic E-state index is 0.135. The third kappa shape index (κ3) is 3.35. The summed E-state index contributed by atoms with van der Waals surface area (Å²) in [4.78, 5) is 12.5. The summed E-state index contributed by atoms with van der Waals surface area (Å²) in [6.45, 7) is 5.09. The number of nitrogens with one attached hydrogen (secondary N) is 1. The van der Waals surface area contributed by atoms with Crippen molar-refractivity contribution < 1.29 is 4.79 Å². The van der Waals surface area contributed by atoms with Gasteiger partial charge in [0.2, 0.25) is 6.41 Å². The summed E-state index contributed by atoms with van der Waals surface area (Å²) in [6.07, 6.45) is 4.11. The van der Waals surface area contributed by atoms with Gasteiger partial charge in [-0.2, -0.15) is 0 Å². The molecule has 0 saturated heterocycles. The van der Waals surface area contributed by atoms with E-state index >= 15 is 0 Å². The molecule has 1 atom stereocenters. The number of carbonyl (C=O) groups excluding carboxylic acids is 1. The average Bonchev–Trinajstić information content (AvgIpc) is 2.12. The average molecular weight is 186 g/mol. The first-order valence-electron chi connectivity index (χ1n) is 4.97. The van der Waals surface area contributed by atoms with Gasteiger partial charge in [-0.25, -0.2) is 0 Å². The molecule has 0 aromatic heterocycles. The van der Waals surface area contributed by atoms with Gasteiger partial charge in [0.15, 0.2) is 0 Å². The smallest absolute Gasteiger partial charge is 0.207 e. The first-order chi connectivity index (χ1) is 6.13. The molecule has 0 aliphatic rings. The molecule has 0 aromatic carbocycles. The van der Waals surface area contributed by atoms with E-state index in [1.165, 1.54) is 0 Å². The van der Waals surface area contributed by atoms with E-state index in [0.29, 0.717) is 0 Å². The van der Waals surface area contributed by atoms with Gasteiger partial charge in [0.1, 0.15) is 0 Å². The molecule has 3 nitrogen and oxygen atoms in total. The lowest BCUT2D eigenvalue weighted by molar-refractivity contribution is -0.110. The van der Waals surface area contributed by atoms with Crippen molar-refractivity contribution in [1.82, 2.24) is 10.2 Å². The standard InChI is InChI=1S/C10H22N2O/c1-5-7-10(6-2,12(3)4)8-11-9-13/h9H,5-8H2,1-4H3,(H,11,13). The summed E-state index contributed by atoms with van der Waals surface area (Å²) < 4.78 is 0. The zero-order valence-electron chi connectivity index (χ0n) is 9.26. The quantitative estimate of drug-likeness (QED) is 0.607. The van der Waals surface area contributed by atoms with E-state index in [4.69, 9.17) is 0 Å². The van der Waals surface area contributed by atoms with Crippen LogP contribution in [0.1, 0.15) is 33.1 Å². The van der Waals surface area contributed by atoms with Gasteiger partial charge < -0.3 is 10.2 Å². The van der Waals surface area contributed by atoms with Crippen LogP contribution in [0.2, 0.25) is 0 Å². The highest BCUT2D eigenvalue weighted by atomic mass is 16.1. The molecule has 1 N–H and O–H groups in total. The van der Waals surface area contributed by atoms with Crippen LogP contribution in [0.4, 0.5) is 0 Å². The normalized spacial score (nSPS) is 15.5. The number of hydrogen-bond acceptors (Lipinski definition) is 2. The summed E-state index contributed by atoms with van der Waals surface area (Å²) in [7, 11) is 4.15. The summed E-state index contributed by atoms with van der Waals surface area (Å²) in [5.41, 5.74) is 0.135. The molecule has 0 saturated carbocycles. The third-order valence-corrected chi connectivity index (χ3v) is 2.84. The zero-order chi connectivity index (χ0) is 10.3. The molecule has 0 spiro atoms. The van der Waals surface area contributed by atoms with Crippen molar-refractivity contribution in [2.45, 2.75) is 38.6 Å². The first kappa shape index (κ1) is 12.4. The molecule has 0 heterocycles. The van der Waals surface area contributed by atoms with Gasteiger partial charge in [-0.1, -0.05) is 20.3 Å². The van der Waals surface area contributed by atoms with Crippen LogP contribution < -0.4 is 5.32 Å². The van der Waals surface area contributed by atoms with E-state index in [9.17, 15) is 4.79 Å². The Bertz CT molecular complexity index is 148. The van der Waals surface area contributed by atoms with E-state index in [0.717, 1.165) is 32.2 Å². The second kappa shape index (κ2) is 5.97. The second-order valence-corrected chi connectivity index (χ2v) is 3.72. The van der Waals surface area contributed by atoms with Gasteiger partial charge in [0.25, 0.3) is 0 Å². The van der Waals surface area contributed by atoms with Crippen molar-refractivity contribution >= 4 is 6.41 Å². The highest BCUT2D eigenvalue weighted by molar-refractivity contribution is 5.46. The molecule has 0 aliphatic heterocycles. The van der Waals surface area contributed by atoms with Gasteiger partial charge in [0.05, 0.1) is 0 Å². The van der Waals surface area contributed by atoms with E-state index in [1.54, 1.807) is 0 Å². The lowest BCUT2D eigenvalue weighted by Gasteiger charge is -2.39. The topological polar surface area (TPSA) is 32.3 Å². The van der Waals surface area contributed by atoms with Gasteiger partial charge in [-0.3, -0.25) is 4.79 Å². The number of carbonyl (C=O) groups is 1. The van der Waals surface area contributed by atoms with E-state index in [2.05, 4.69) is 38.2 Å². The predicted molar refractivity (Wildman–Crippen MR) is 55.7 cm³/mol. The van der Waals surface area contributed by atoms with Crippen LogP contribution in [-0.4, -0.2) is 37.5 Å². The van der Waals surface area contributed by atoms with Gasteiger partial charge in [-0.05, 0) is 26.9 Å². The molecule has 0 aromatic rings. The molecular weight excluding hydrogens is 164 g/mol. The van der Waals surface area contributed by atoms with E-state index < -0.39 is 0 Å². The lowest BCUT2D eigenvalue weighted by Crippen LogP contribution is -2.51. The number of likely N-dealkylation sites (N-methyl/N-ethyl adjacent to an activating group) is 1. The molecule has 0 aliphatic carbocycles. The first-order valence-corrected chi connectivity index (χ1v) is 4.97. The number of rotatable bonds is 7. The summed E-state index contributed by atoms with van der Waals surface area (Å²) >= 11 is 0. The highest BCUT2D eigenvalue weighted by Gasteiger charge is 2.28. The Morgan fingerprint density at radius 1 is 1.38 bits per heavy atom. The maximum atomic E-state index is 10.3. The van der Waals surface area contributed by atoms with Gasteiger partial charge in [0, 0.05) is 12.1 Å². The zero-order valence-corrected chi connectivity index (χ0v) is 9.26. The molecule has 0 fully saturated rings. The number of amides is 1. The summed E-state index contributed by atoms with van der Waals surface area (Å²) in [5.74, 6) is 0. The second-order valence-electron chi connectivity index (χ2n) is 3.72.